The molecule has 1 aromatic carbocycles. The lowest BCUT2D eigenvalue weighted by atomic mass is 10.3. The lowest BCUT2D eigenvalue weighted by Crippen LogP contribution is -2.14. The second-order valence-electron chi connectivity index (χ2n) is 4.54. The van der Waals surface area contributed by atoms with Crippen LogP contribution in [0.1, 0.15) is 16.4 Å². The van der Waals surface area contributed by atoms with Gasteiger partial charge < -0.3 is 14.9 Å². The summed E-state index contributed by atoms with van der Waals surface area (Å²) in [5.41, 5.74) is 6.88. The van der Waals surface area contributed by atoms with Crippen LogP contribution in [0.4, 0.5) is 0 Å². The van der Waals surface area contributed by atoms with E-state index in [1.807, 2.05) is 12.1 Å². The summed E-state index contributed by atoms with van der Waals surface area (Å²) in [5.74, 6) is 0.777. The van der Waals surface area contributed by atoms with E-state index in [2.05, 4.69) is 10.1 Å². The van der Waals surface area contributed by atoms with Crippen molar-refractivity contribution < 1.29 is 13.9 Å². The summed E-state index contributed by atoms with van der Waals surface area (Å²) in [4.78, 5) is 15.2. The van der Waals surface area contributed by atoms with E-state index in [9.17, 15) is 4.79 Å². The van der Waals surface area contributed by atoms with Gasteiger partial charge in [-0.15, -0.1) is 0 Å². The number of aryl methyl sites for hydroxylation is 1. The van der Waals surface area contributed by atoms with E-state index in [1.165, 1.54) is 0 Å². The Labute approximate surface area is 120 Å². The van der Waals surface area contributed by atoms with E-state index in [-0.39, 0.29) is 5.69 Å². The second-order valence-corrected chi connectivity index (χ2v) is 4.54. The van der Waals surface area contributed by atoms with Gasteiger partial charge in [0.05, 0.1) is 6.54 Å². The van der Waals surface area contributed by atoms with Crippen LogP contribution in [-0.4, -0.2) is 27.3 Å². The van der Waals surface area contributed by atoms with Crippen molar-refractivity contribution in [2.45, 2.75) is 13.5 Å². The molecule has 7 heteroatoms. The van der Waals surface area contributed by atoms with Crippen molar-refractivity contribution in [2.24, 2.45) is 5.73 Å². The number of nitrogens with zero attached hydrogens (tertiary/aromatic N) is 3. The Morgan fingerprint density at radius 3 is 3.05 bits per heavy atom. The molecule has 3 aromatic rings. The molecule has 0 aliphatic heterocycles. The van der Waals surface area contributed by atoms with Crippen molar-refractivity contribution in [1.29, 1.82) is 0 Å². The van der Waals surface area contributed by atoms with Crippen LogP contribution in [0, 0.1) is 6.92 Å². The highest BCUT2D eigenvalue weighted by Gasteiger charge is 2.06. The number of fused-ring (bicyclic) bond motifs is 1. The molecule has 0 radical (unpaired) electrons. The van der Waals surface area contributed by atoms with Crippen molar-refractivity contribution in [3.8, 4) is 5.75 Å². The highest BCUT2D eigenvalue weighted by molar-refractivity contribution is 5.90. The Hall–Kier alpha value is -2.83. The SMILES string of the molecule is Cc1nc2ccc(OCCn3ccc(C(N)=O)n3)cc2o1. The Kier molecular flexibility index (Phi) is 3.31. The zero-order valence-electron chi connectivity index (χ0n) is 11.4. The Balaban J connectivity index is 1.61. The number of aromatic nitrogens is 3. The van der Waals surface area contributed by atoms with Crippen molar-refractivity contribution in [1.82, 2.24) is 14.8 Å². The van der Waals surface area contributed by atoms with Crippen LogP contribution in [0.3, 0.4) is 0 Å². The zero-order chi connectivity index (χ0) is 14.8. The highest BCUT2D eigenvalue weighted by Crippen LogP contribution is 2.21. The van der Waals surface area contributed by atoms with Crippen LogP contribution in [-0.2, 0) is 6.54 Å². The average Bonchev–Trinajstić information content (AvgIpc) is 3.03. The van der Waals surface area contributed by atoms with Crippen LogP contribution in [0.25, 0.3) is 11.1 Å². The predicted molar refractivity (Wildman–Crippen MR) is 75.0 cm³/mol. The first-order valence-corrected chi connectivity index (χ1v) is 6.45. The average molecular weight is 286 g/mol. The van der Waals surface area contributed by atoms with Gasteiger partial charge in [0.15, 0.2) is 11.5 Å². The molecular formula is C14H14N4O3. The Bertz CT molecular complexity index is 790. The van der Waals surface area contributed by atoms with Gasteiger partial charge in [-0.3, -0.25) is 9.48 Å². The van der Waals surface area contributed by atoms with E-state index in [4.69, 9.17) is 14.9 Å². The molecule has 108 valence electrons. The minimum atomic E-state index is -0.541. The first-order valence-electron chi connectivity index (χ1n) is 6.45. The quantitative estimate of drug-likeness (QED) is 0.767. The molecule has 21 heavy (non-hydrogen) atoms. The van der Waals surface area contributed by atoms with Gasteiger partial charge in [-0.2, -0.15) is 5.10 Å². The number of benzene rings is 1. The molecule has 7 nitrogen and oxygen atoms in total. The van der Waals surface area contributed by atoms with Crippen LogP contribution >= 0.6 is 0 Å². The summed E-state index contributed by atoms with van der Waals surface area (Å²) in [6.07, 6.45) is 1.69. The van der Waals surface area contributed by atoms with Gasteiger partial charge in [0.1, 0.15) is 23.6 Å². The number of nitrogens with two attached hydrogens (primary N) is 1. The van der Waals surface area contributed by atoms with Gasteiger partial charge in [-0.05, 0) is 18.2 Å². The van der Waals surface area contributed by atoms with Crippen LogP contribution in [0.2, 0.25) is 0 Å². The minimum absolute atomic E-state index is 0.244. The molecule has 0 unspecified atom stereocenters. The first-order chi connectivity index (χ1) is 10.1. The molecule has 0 saturated carbocycles. The van der Waals surface area contributed by atoms with Gasteiger partial charge in [0.2, 0.25) is 0 Å². The number of hydrogen-bond acceptors (Lipinski definition) is 5. The fraction of sp³-hybridized carbons (Fsp3) is 0.214. The maximum atomic E-state index is 10.9. The van der Waals surface area contributed by atoms with Gasteiger partial charge in [-0.1, -0.05) is 0 Å². The standard InChI is InChI=1S/C14H14N4O3/c1-9-16-11-3-2-10(8-13(11)21-9)20-7-6-18-5-4-12(17-18)14(15)19/h2-5,8H,6-7H2,1H3,(H2,15,19). The lowest BCUT2D eigenvalue weighted by molar-refractivity contribution is 0.0994. The minimum Gasteiger partial charge on any atom is -0.492 e. The van der Waals surface area contributed by atoms with E-state index in [1.54, 1.807) is 29.9 Å². The number of carbonyl (C=O) groups is 1. The summed E-state index contributed by atoms with van der Waals surface area (Å²) < 4.78 is 12.7. The van der Waals surface area contributed by atoms with Gasteiger partial charge in [0.25, 0.3) is 5.91 Å². The van der Waals surface area contributed by atoms with Gasteiger partial charge in [0, 0.05) is 19.2 Å². The van der Waals surface area contributed by atoms with Crippen LogP contribution in [0.15, 0.2) is 34.9 Å². The number of primary amides is 1. The third-order valence-corrected chi connectivity index (χ3v) is 2.95. The molecule has 2 N–H and O–H groups in total. The summed E-state index contributed by atoms with van der Waals surface area (Å²) >= 11 is 0. The Morgan fingerprint density at radius 1 is 1.43 bits per heavy atom. The summed E-state index contributed by atoms with van der Waals surface area (Å²) in [5, 5.41) is 4.03. The number of rotatable bonds is 5. The summed E-state index contributed by atoms with van der Waals surface area (Å²) in [6.45, 7) is 2.73. The van der Waals surface area contributed by atoms with Crippen LogP contribution < -0.4 is 10.5 Å². The summed E-state index contributed by atoms with van der Waals surface area (Å²) in [6, 6.07) is 7.06. The van der Waals surface area contributed by atoms with Gasteiger partial charge >= 0.3 is 0 Å². The molecule has 2 aromatic heterocycles. The predicted octanol–water partition coefficient (Wildman–Crippen LogP) is 1.51. The zero-order valence-corrected chi connectivity index (χ0v) is 11.4. The number of hydrogen-bond donors (Lipinski definition) is 1. The molecular weight excluding hydrogens is 272 g/mol. The molecule has 0 saturated heterocycles. The maximum Gasteiger partial charge on any atom is 0.269 e. The molecule has 1 amide bonds. The monoisotopic (exact) mass is 286 g/mol. The summed E-state index contributed by atoms with van der Waals surface area (Å²) in [7, 11) is 0. The van der Waals surface area contributed by atoms with Gasteiger partial charge in [-0.25, -0.2) is 4.98 Å². The molecule has 0 atom stereocenters. The van der Waals surface area contributed by atoms with E-state index in [0.29, 0.717) is 30.4 Å². The molecule has 0 aliphatic carbocycles. The molecule has 2 heterocycles. The van der Waals surface area contributed by atoms with Crippen molar-refractivity contribution in [3.05, 3.63) is 42.0 Å². The molecule has 0 aliphatic rings. The molecule has 0 fully saturated rings. The first kappa shape index (κ1) is 13.2. The third kappa shape index (κ3) is 2.86. The fourth-order valence-electron chi connectivity index (χ4n) is 1.98. The number of oxazole rings is 1. The molecule has 0 spiro atoms. The number of ether oxygens (including phenoxy) is 1. The number of carbonyl (C=O) groups excluding carboxylic acids is 1. The van der Waals surface area contributed by atoms with Crippen LogP contribution in [0.5, 0.6) is 5.75 Å². The smallest absolute Gasteiger partial charge is 0.269 e. The molecule has 0 bridgehead atoms. The van der Waals surface area contributed by atoms with E-state index in [0.717, 1.165) is 5.52 Å². The largest absolute Gasteiger partial charge is 0.492 e. The topological polar surface area (TPSA) is 96.2 Å². The lowest BCUT2D eigenvalue weighted by Gasteiger charge is -2.05. The maximum absolute atomic E-state index is 10.9. The van der Waals surface area contributed by atoms with E-state index < -0.39 is 5.91 Å². The van der Waals surface area contributed by atoms with Crippen molar-refractivity contribution in [3.63, 3.8) is 0 Å². The fourth-order valence-corrected chi connectivity index (χ4v) is 1.98. The van der Waals surface area contributed by atoms with E-state index >= 15 is 0 Å². The molecule has 3 rings (SSSR count). The highest BCUT2D eigenvalue weighted by atomic mass is 16.5. The van der Waals surface area contributed by atoms with Crippen molar-refractivity contribution >= 4 is 17.0 Å². The Morgan fingerprint density at radius 2 is 2.29 bits per heavy atom. The van der Waals surface area contributed by atoms with Crippen molar-refractivity contribution in [2.75, 3.05) is 6.61 Å². The third-order valence-electron chi connectivity index (χ3n) is 2.95. The second kappa shape index (κ2) is 5.28. The number of amides is 1. The normalized spacial score (nSPS) is 10.9.